The number of nitrogens with zero attached hydrogens (tertiary/aromatic N) is 2. The normalized spacial score (nSPS) is 17.9. The van der Waals surface area contributed by atoms with Crippen LogP contribution < -0.4 is 0 Å². The summed E-state index contributed by atoms with van der Waals surface area (Å²) in [7, 11) is 0. The Kier molecular flexibility index (Phi) is 1.70. The fourth-order valence-electron chi connectivity index (χ4n) is 2.57. The molecule has 0 bridgehead atoms. The van der Waals surface area contributed by atoms with E-state index in [0.717, 1.165) is 10.8 Å². The van der Waals surface area contributed by atoms with Crippen molar-refractivity contribution in [2.24, 2.45) is 0 Å². The van der Waals surface area contributed by atoms with Gasteiger partial charge in [0, 0.05) is 38.3 Å². The molecule has 3 heterocycles. The number of fused-ring (bicyclic) bond motifs is 3. The maximum atomic E-state index is 8.39. The molecule has 108 valence electrons. The number of aromatic nitrogens is 2. The van der Waals surface area contributed by atoms with Crippen LogP contribution in [0.15, 0.2) is 59.3 Å². The van der Waals surface area contributed by atoms with E-state index in [4.69, 9.17) is 14.0 Å². The van der Waals surface area contributed by atoms with Gasteiger partial charge in [-0.05, 0) is 41.8 Å². The van der Waals surface area contributed by atoms with E-state index < -0.39 is 19.6 Å². The Balaban J connectivity index is 1.95. The van der Waals surface area contributed by atoms with Crippen LogP contribution in [0, 0.1) is 0 Å². The average Bonchev–Trinajstić information content (AvgIpc) is 3.04. The molecule has 0 saturated carbocycles. The van der Waals surface area contributed by atoms with Crippen molar-refractivity contribution in [2.45, 2.75) is 19.6 Å². The number of rotatable bonds is 2. The zero-order chi connectivity index (χ0) is 21.0. The minimum absolute atomic E-state index is 0.159. The van der Waals surface area contributed by atoms with Crippen LogP contribution in [0.1, 0.15) is 34.8 Å². The summed E-state index contributed by atoms with van der Waals surface area (Å²) in [6, 6.07) is 11.7. The van der Waals surface area contributed by atoms with Gasteiger partial charge in [0.15, 0.2) is 0 Å². The fraction of sp³-hybridized carbons (Fsp3) is 0.158. The standard InChI is InChI=1S/C19H16N2O/c1-12(2)13-8-10-20-17(11-13)16-6-3-5-14-15-7-4-9-21-19(15)22-18(14)16/h3-12H,1-2H3/i1D3,2D3,12D. The van der Waals surface area contributed by atoms with Crippen LogP contribution in [-0.2, 0) is 0 Å². The van der Waals surface area contributed by atoms with Crippen molar-refractivity contribution in [1.29, 1.82) is 0 Å². The molecule has 0 spiro atoms. The van der Waals surface area contributed by atoms with Crippen molar-refractivity contribution in [3.05, 3.63) is 60.4 Å². The highest BCUT2D eigenvalue weighted by molar-refractivity contribution is 6.08. The van der Waals surface area contributed by atoms with Gasteiger partial charge in [-0.2, -0.15) is 0 Å². The zero-order valence-electron chi connectivity index (χ0n) is 18.5. The number of hydrogen-bond acceptors (Lipinski definition) is 3. The van der Waals surface area contributed by atoms with E-state index in [1.807, 2.05) is 12.1 Å². The molecule has 1 aromatic carbocycles. The van der Waals surface area contributed by atoms with Crippen LogP contribution in [0.5, 0.6) is 0 Å². The largest absolute Gasteiger partial charge is 0.437 e. The summed E-state index contributed by atoms with van der Waals surface area (Å²) < 4.78 is 60.4. The monoisotopic (exact) mass is 295 g/mol. The summed E-state index contributed by atoms with van der Waals surface area (Å²) in [4.78, 5) is 8.49. The number of pyridine rings is 2. The summed E-state index contributed by atoms with van der Waals surface area (Å²) in [5.41, 5.74) is 1.67. The molecule has 4 rings (SSSR count). The summed E-state index contributed by atoms with van der Waals surface area (Å²) in [6.45, 7) is -6.13. The Morgan fingerprint density at radius 1 is 1.05 bits per heavy atom. The van der Waals surface area contributed by atoms with Gasteiger partial charge in [-0.15, -0.1) is 0 Å². The van der Waals surface area contributed by atoms with Crippen LogP contribution >= 0.6 is 0 Å². The third kappa shape index (κ3) is 1.98. The fourth-order valence-corrected chi connectivity index (χ4v) is 2.57. The van der Waals surface area contributed by atoms with Crippen LogP contribution in [0.4, 0.5) is 0 Å². The Hall–Kier alpha value is -2.68. The minimum atomic E-state index is -3.06. The third-order valence-electron chi connectivity index (χ3n) is 3.60. The highest BCUT2D eigenvalue weighted by atomic mass is 16.3. The average molecular weight is 295 g/mol. The number of furan rings is 1. The Morgan fingerprint density at radius 3 is 2.86 bits per heavy atom. The lowest BCUT2D eigenvalue weighted by Crippen LogP contribution is -1.90. The van der Waals surface area contributed by atoms with Crippen molar-refractivity contribution < 1.29 is 14.0 Å². The molecular weight excluding hydrogens is 272 g/mol. The quantitative estimate of drug-likeness (QED) is 0.512. The molecule has 0 aliphatic carbocycles. The van der Waals surface area contributed by atoms with E-state index in [1.165, 1.54) is 18.3 Å². The van der Waals surface area contributed by atoms with Crippen molar-refractivity contribution in [1.82, 2.24) is 9.97 Å². The molecule has 3 aromatic heterocycles. The lowest BCUT2D eigenvalue weighted by atomic mass is 10.0. The van der Waals surface area contributed by atoms with E-state index in [9.17, 15) is 0 Å². The van der Waals surface area contributed by atoms with Crippen molar-refractivity contribution >= 4 is 22.1 Å². The van der Waals surface area contributed by atoms with E-state index in [2.05, 4.69) is 9.97 Å². The maximum absolute atomic E-state index is 8.39. The van der Waals surface area contributed by atoms with Gasteiger partial charge in [0.2, 0.25) is 5.71 Å². The van der Waals surface area contributed by atoms with E-state index in [1.54, 1.807) is 24.4 Å². The van der Waals surface area contributed by atoms with Gasteiger partial charge in [-0.3, -0.25) is 4.98 Å². The first-order valence-electron chi connectivity index (χ1n) is 10.3. The Labute approximate surface area is 138 Å². The van der Waals surface area contributed by atoms with Crippen molar-refractivity contribution in [2.75, 3.05) is 0 Å². The molecule has 0 saturated heterocycles. The molecule has 0 radical (unpaired) electrons. The second-order valence-corrected chi connectivity index (χ2v) is 4.95. The smallest absolute Gasteiger partial charge is 0.227 e. The predicted molar refractivity (Wildman–Crippen MR) is 88.8 cm³/mol. The molecule has 22 heavy (non-hydrogen) atoms. The first-order chi connectivity index (χ1) is 13.5. The number of para-hydroxylation sites is 1. The second-order valence-electron chi connectivity index (χ2n) is 4.95. The molecular formula is C19H16N2O. The van der Waals surface area contributed by atoms with E-state index >= 15 is 0 Å². The topological polar surface area (TPSA) is 38.9 Å². The molecule has 3 nitrogen and oxygen atoms in total. The summed E-state index contributed by atoms with van der Waals surface area (Å²) in [5, 5.41) is 1.63. The Morgan fingerprint density at radius 2 is 1.95 bits per heavy atom. The summed E-state index contributed by atoms with van der Waals surface area (Å²) in [6.07, 6.45) is 2.93. The van der Waals surface area contributed by atoms with Crippen LogP contribution in [0.2, 0.25) is 0 Å². The van der Waals surface area contributed by atoms with Crippen molar-refractivity contribution in [3.63, 3.8) is 0 Å². The van der Waals surface area contributed by atoms with Crippen molar-refractivity contribution in [3.8, 4) is 11.3 Å². The maximum Gasteiger partial charge on any atom is 0.227 e. The first-order valence-corrected chi connectivity index (χ1v) is 6.77. The molecule has 0 aliphatic heterocycles. The highest BCUT2D eigenvalue weighted by Crippen LogP contribution is 2.34. The molecule has 0 atom stereocenters. The van der Waals surface area contributed by atoms with Gasteiger partial charge in [-0.25, -0.2) is 4.98 Å². The second kappa shape index (κ2) is 4.95. The van der Waals surface area contributed by atoms with Crippen LogP contribution in [0.3, 0.4) is 0 Å². The predicted octanol–water partition coefficient (Wildman–Crippen LogP) is 5.17. The minimum Gasteiger partial charge on any atom is -0.437 e. The first kappa shape index (κ1) is 7.54. The highest BCUT2D eigenvalue weighted by Gasteiger charge is 2.13. The van der Waals surface area contributed by atoms with E-state index in [-0.39, 0.29) is 5.56 Å². The third-order valence-corrected chi connectivity index (χ3v) is 3.60. The van der Waals surface area contributed by atoms with E-state index in [0.29, 0.717) is 22.6 Å². The Bertz CT molecular complexity index is 1200. The van der Waals surface area contributed by atoms with Crippen LogP contribution in [0.25, 0.3) is 33.3 Å². The van der Waals surface area contributed by atoms with Crippen LogP contribution in [-0.4, -0.2) is 9.97 Å². The van der Waals surface area contributed by atoms with Gasteiger partial charge in [0.05, 0.1) is 5.69 Å². The van der Waals surface area contributed by atoms with Gasteiger partial charge in [0.25, 0.3) is 0 Å². The summed E-state index contributed by atoms with van der Waals surface area (Å²) in [5.74, 6) is -2.79. The van der Waals surface area contributed by atoms with Gasteiger partial charge >= 0.3 is 0 Å². The molecule has 4 aromatic rings. The summed E-state index contributed by atoms with van der Waals surface area (Å²) >= 11 is 0. The van der Waals surface area contributed by atoms with Gasteiger partial charge in [-0.1, -0.05) is 25.8 Å². The van der Waals surface area contributed by atoms with Gasteiger partial charge < -0.3 is 4.42 Å². The number of hydrogen-bond donors (Lipinski definition) is 0. The molecule has 0 aliphatic rings. The molecule has 3 heteroatoms. The molecule has 0 unspecified atom stereocenters. The lowest BCUT2D eigenvalue weighted by Gasteiger charge is -2.07. The number of benzene rings is 1. The zero-order valence-corrected chi connectivity index (χ0v) is 11.5. The molecule has 0 amide bonds. The lowest BCUT2D eigenvalue weighted by molar-refractivity contribution is 0.655. The molecule has 0 N–H and O–H groups in total. The molecule has 0 fully saturated rings. The van der Waals surface area contributed by atoms with Gasteiger partial charge in [0.1, 0.15) is 5.58 Å². The SMILES string of the molecule is [2H]C([2H])([2H])C([2H])(c1ccnc(-c2cccc3c2oc2ncccc23)c1)C([2H])([2H])[2H].